The maximum absolute atomic E-state index is 13.8. The van der Waals surface area contributed by atoms with E-state index in [2.05, 4.69) is 12.2 Å². The number of anilines is 1. The summed E-state index contributed by atoms with van der Waals surface area (Å²) in [6, 6.07) is 19.4. The number of ether oxygens (including phenoxy) is 1. The molecule has 1 atom stereocenters. The van der Waals surface area contributed by atoms with Gasteiger partial charge in [-0.1, -0.05) is 37.3 Å². The molecule has 2 aromatic heterocycles. The van der Waals surface area contributed by atoms with Gasteiger partial charge in [0.2, 0.25) is 5.91 Å². The molecule has 0 spiro atoms. The highest BCUT2D eigenvalue weighted by molar-refractivity contribution is 7.16. The molecule has 1 aliphatic rings. The highest BCUT2D eigenvalue weighted by atomic mass is 32.1. The Morgan fingerprint density at radius 3 is 2.65 bits per heavy atom. The summed E-state index contributed by atoms with van der Waals surface area (Å²) in [7, 11) is 1.61. The first-order valence-corrected chi connectivity index (χ1v) is 12.2. The SMILES string of the molecule is CCc1ccc(N2C(=O)c3cc4ccsc4n3C[C@@]2(C)C(=O)NCc2ccccc2OC)cc1. The van der Waals surface area contributed by atoms with E-state index in [0.29, 0.717) is 30.2 Å². The van der Waals surface area contributed by atoms with Gasteiger partial charge in [-0.15, -0.1) is 11.3 Å². The van der Waals surface area contributed by atoms with Gasteiger partial charge in [0.1, 0.15) is 21.8 Å². The van der Waals surface area contributed by atoms with Crippen LogP contribution in [0.15, 0.2) is 66.0 Å². The Kier molecular flexibility index (Phi) is 5.65. The van der Waals surface area contributed by atoms with E-state index in [0.717, 1.165) is 22.2 Å². The second-order valence-corrected chi connectivity index (χ2v) is 9.62. The van der Waals surface area contributed by atoms with Crippen molar-refractivity contribution in [2.24, 2.45) is 0 Å². The van der Waals surface area contributed by atoms with Crippen molar-refractivity contribution in [3.05, 3.63) is 82.9 Å². The Labute approximate surface area is 202 Å². The normalized spacial score (nSPS) is 17.6. The van der Waals surface area contributed by atoms with E-state index in [-0.39, 0.29) is 11.8 Å². The molecule has 6 nitrogen and oxygen atoms in total. The molecule has 0 bridgehead atoms. The lowest BCUT2D eigenvalue weighted by Gasteiger charge is -2.44. The largest absolute Gasteiger partial charge is 0.496 e. The maximum Gasteiger partial charge on any atom is 0.275 e. The van der Waals surface area contributed by atoms with Crippen molar-refractivity contribution in [1.29, 1.82) is 0 Å². The zero-order valence-corrected chi connectivity index (χ0v) is 20.3. The van der Waals surface area contributed by atoms with Crippen LogP contribution in [-0.4, -0.2) is 29.0 Å². The van der Waals surface area contributed by atoms with Crippen LogP contribution in [0.25, 0.3) is 10.2 Å². The second-order valence-electron chi connectivity index (χ2n) is 8.73. The lowest BCUT2D eigenvalue weighted by Crippen LogP contribution is -2.64. The fraction of sp³-hybridized carbons (Fsp3) is 0.259. The van der Waals surface area contributed by atoms with Gasteiger partial charge in [-0.3, -0.25) is 14.5 Å². The number of aryl methyl sites for hydroxylation is 1. The summed E-state index contributed by atoms with van der Waals surface area (Å²) in [5, 5.41) is 6.10. The molecule has 0 fully saturated rings. The van der Waals surface area contributed by atoms with E-state index in [1.165, 1.54) is 5.56 Å². The topological polar surface area (TPSA) is 63.6 Å². The van der Waals surface area contributed by atoms with E-state index in [1.807, 2.05) is 77.5 Å². The number of hydrogen-bond acceptors (Lipinski definition) is 4. The zero-order valence-electron chi connectivity index (χ0n) is 19.5. The van der Waals surface area contributed by atoms with Crippen LogP contribution in [0, 0.1) is 0 Å². The molecular weight excluding hydrogens is 446 g/mol. The molecular formula is C27H27N3O3S. The molecule has 2 aromatic carbocycles. The summed E-state index contributed by atoms with van der Waals surface area (Å²) in [4.78, 5) is 30.3. The Morgan fingerprint density at radius 1 is 1.15 bits per heavy atom. The number of carbonyl (C=O) groups is 2. The molecule has 0 unspecified atom stereocenters. The van der Waals surface area contributed by atoms with Gasteiger partial charge >= 0.3 is 0 Å². The molecule has 0 saturated carbocycles. The fourth-order valence-corrected chi connectivity index (χ4v) is 5.59. The Balaban J connectivity index is 1.55. The molecule has 2 amide bonds. The molecule has 34 heavy (non-hydrogen) atoms. The molecule has 0 aliphatic carbocycles. The van der Waals surface area contributed by atoms with Gasteiger partial charge in [0, 0.05) is 23.2 Å². The van der Waals surface area contributed by atoms with Crippen LogP contribution in [-0.2, 0) is 24.3 Å². The van der Waals surface area contributed by atoms with Gasteiger partial charge in [-0.25, -0.2) is 0 Å². The van der Waals surface area contributed by atoms with Crippen molar-refractivity contribution in [3.8, 4) is 5.75 Å². The number of hydrogen-bond donors (Lipinski definition) is 1. The summed E-state index contributed by atoms with van der Waals surface area (Å²) in [5.41, 5.74) is 2.27. The minimum Gasteiger partial charge on any atom is -0.496 e. The molecule has 5 rings (SSSR count). The number of rotatable bonds is 6. The first-order valence-electron chi connectivity index (χ1n) is 11.4. The molecule has 1 N–H and O–H groups in total. The van der Waals surface area contributed by atoms with Crippen molar-refractivity contribution in [1.82, 2.24) is 9.88 Å². The van der Waals surface area contributed by atoms with Crippen molar-refractivity contribution in [2.45, 2.75) is 38.9 Å². The summed E-state index contributed by atoms with van der Waals surface area (Å²) in [5.74, 6) is 0.330. The third-order valence-corrected chi connectivity index (χ3v) is 7.56. The number of nitrogens with zero attached hydrogens (tertiary/aromatic N) is 2. The monoisotopic (exact) mass is 473 g/mol. The van der Waals surface area contributed by atoms with Crippen LogP contribution in [0.1, 0.15) is 35.5 Å². The number of para-hydroxylation sites is 1. The summed E-state index contributed by atoms with van der Waals surface area (Å²) in [6.45, 7) is 4.61. The van der Waals surface area contributed by atoms with Crippen LogP contribution in [0.2, 0.25) is 0 Å². The van der Waals surface area contributed by atoms with Crippen molar-refractivity contribution >= 4 is 39.1 Å². The Morgan fingerprint density at radius 2 is 1.91 bits per heavy atom. The molecule has 3 heterocycles. The standard InChI is InChI=1S/C27H27N3O3S/c1-4-18-9-11-21(12-10-18)30-24(31)22-15-19-13-14-34-25(19)29(22)17-27(30,2)26(32)28-16-20-7-5-6-8-23(20)33-3/h5-15H,4,16-17H2,1-3H3,(H,28,32)/t27-/m0/s1. The van der Waals surface area contributed by atoms with Gasteiger partial charge in [0.15, 0.2) is 0 Å². The highest BCUT2D eigenvalue weighted by Gasteiger charge is 2.48. The van der Waals surface area contributed by atoms with E-state index >= 15 is 0 Å². The minimum absolute atomic E-state index is 0.172. The van der Waals surface area contributed by atoms with Gasteiger partial charge in [-0.2, -0.15) is 0 Å². The number of carbonyl (C=O) groups excluding carboxylic acids is 2. The quantitative estimate of drug-likeness (QED) is 0.428. The van der Waals surface area contributed by atoms with Crippen LogP contribution < -0.4 is 15.0 Å². The third kappa shape index (κ3) is 3.56. The summed E-state index contributed by atoms with van der Waals surface area (Å²) >= 11 is 1.58. The van der Waals surface area contributed by atoms with Gasteiger partial charge in [-0.05, 0) is 54.6 Å². The number of amides is 2. The minimum atomic E-state index is -1.12. The average Bonchev–Trinajstić information content (AvgIpc) is 3.45. The average molecular weight is 474 g/mol. The number of benzene rings is 2. The van der Waals surface area contributed by atoms with Crippen LogP contribution in [0.3, 0.4) is 0 Å². The third-order valence-electron chi connectivity index (χ3n) is 6.61. The molecule has 1 aliphatic heterocycles. The molecule has 0 saturated heterocycles. The van der Waals surface area contributed by atoms with E-state index in [4.69, 9.17) is 4.74 Å². The van der Waals surface area contributed by atoms with Gasteiger partial charge in [0.05, 0.1) is 13.7 Å². The zero-order chi connectivity index (χ0) is 23.9. The number of fused-ring (bicyclic) bond motifs is 3. The van der Waals surface area contributed by atoms with E-state index in [9.17, 15) is 9.59 Å². The second kappa shape index (κ2) is 8.65. The Hall–Kier alpha value is -3.58. The number of methoxy groups -OCH3 is 1. The molecule has 0 radical (unpaired) electrons. The number of thiophene rings is 1. The van der Waals surface area contributed by atoms with E-state index < -0.39 is 5.54 Å². The van der Waals surface area contributed by atoms with Crippen LogP contribution >= 0.6 is 11.3 Å². The smallest absolute Gasteiger partial charge is 0.275 e. The highest BCUT2D eigenvalue weighted by Crippen LogP contribution is 2.37. The Bertz CT molecular complexity index is 1370. The van der Waals surface area contributed by atoms with Crippen molar-refractivity contribution in [2.75, 3.05) is 12.0 Å². The fourth-order valence-electron chi connectivity index (χ4n) is 4.70. The van der Waals surface area contributed by atoms with Crippen molar-refractivity contribution < 1.29 is 14.3 Å². The number of aromatic nitrogens is 1. The van der Waals surface area contributed by atoms with Crippen LogP contribution in [0.4, 0.5) is 5.69 Å². The van der Waals surface area contributed by atoms with Gasteiger partial charge < -0.3 is 14.6 Å². The first kappa shape index (κ1) is 22.2. The lowest BCUT2D eigenvalue weighted by atomic mass is 9.93. The van der Waals surface area contributed by atoms with E-state index in [1.54, 1.807) is 23.3 Å². The van der Waals surface area contributed by atoms with Crippen LogP contribution in [0.5, 0.6) is 5.75 Å². The predicted molar refractivity (Wildman–Crippen MR) is 136 cm³/mol. The predicted octanol–water partition coefficient (Wildman–Crippen LogP) is 5.01. The lowest BCUT2D eigenvalue weighted by molar-refractivity contribution is -0.126. The molecule has 4 aromatic rings. The summed E-state index contributed by atoms with van der Waals surface area (Å²) in [6.07, 6.45) is 0.907. The summed E-state index contributed by atoms with van der Waals surface area (Å²) < 4.78 is 7.42. The maximum atomic E-state index is 13.8. The first-order chi connectivity index (χ1) is 16.5. The van der Waals surface area contributed by atoms with Gasteiger partial charge in [0.25, 0.3) is 5.91 Å². The number of nitrogens with one attached hydrogen (secondary N) is 1. The molecule has 7 heteroatoms. The van der Waals surface area contributed by atoms with Crippen molar-refractivity contribution in [3.63, 3.8) is 0 Å². The molecule has 174 valence electrons.